The van der Waals surface area contributed by atoms with Gasteiger partial charge in [-0.15, -0.1) is 0 Å². The third-order valence-electron chi connectivity index (χ3n) is 2.83. The van der Waals surface area contributed by atoms with E-state index in [4.69, 9.17) is 0 Å². The molecule has 0 aromatic heterocycles. The predicted octanol–water partition coefficient (Wildman–Crippen LogP) is 4.69. The molecule has 3 heteroatoms. The molecule has 1 rings (SSSR count). The van der Waals surface area contributed by atoms with E-state index in [0.717, 1.165) is 6.42 Å². The van der Waals surface area contributed by atoms with Crippen molar-refractivity contribution in [1.29, 1.82) is 0 Å². The number of benzene rings is 1. The van der Waals surface area contributed by atoms with E-state index in [2.05, 4.69) is 36.7 Å². The highest BCUT2D eigenvalue weighted by atomic mass is 79.9. The maximum atomic E-state index is 13.3. The molecular formula is C14H20BrFO. The van der Waals surface area contributed by atoms with E-state index in [9.17, 15) is 9.50 Å². The van der Waals surface area contributed by atoms with Crippen LogP contribution in [0, 0.1) is 17.7 Å². The molecule has 1 aromatic rings. The van der Waals surface area contributed by atoms with Crippen molar-refractivity contribution in [2.45, 2.75) is 39.7 Å². The van der Waals surface area contributed by atoms with Crippen LogP contribution in [0.15, 0.2) is 22.7 Å². The Morgan fingerprint density at radius 3 is 2.41 bits per heavy atom. The number of aliphatic hydroxyl groups excluding tert-OH is 1. The van der Waals surface area contributed by atoms with Crippen molar-refractivity contribution in [3.05, 3.63) is 34.1 Å². The van der Waals surface area contributed by atoms with E-state index in [1.54, 1.807) is 12.1 Å². The minimum atomic E-state index is -0.577. The topological polar surface area (TPSA) is 20.2 Å². The second-order valence-corrected chi connectivity index (χ2v) is 6.01. The lowest BCUT2D eigenvalue weighted by atomic mass is 9.91. The van der Waals surface area contributed by atoms with Gasteiger partial charge < -0.3 is 5.11 Å². The van der Waals surface area contributed by atoms with Gasteiger partial charge in [-0.2, -0.15) is 0 Å². The van der Waals surface area contributed by atoms with Crippen LogP contribution in [0.5, 0.6) is 0 Å². The summed E-state index contributed by atoms with van der Waals surface area (Å²) in [4.78, 5) is 0. The molecule has 0 bridgehead atoms. The fourth-order valence-electron chi connectivity index (χ4n) is 2.14. The average molecular weight is 303 g/mol. The van der Waals surface area contributed by atoms with Crippen LogP contribution >= 0.6 is 15.9 Å². The Kier molecular flexibility index (Phi) is 5.60. The second kappa shape index (κ2) is 6.50. The molecule has 0 fully saturated rings. The number of hydrogen-bond donors (Lipinski definition) is 1. The first-order chi connectivity index (χ1) is 7.90. The zero-order chi connectivity index (χ0) is 13.0. The molecule has 0 saturated heterocycles. The normalized spacial score (nSPS) is 15.0. The van der Waals surface area contributed by atoms with Crippen LogP contribution in [0.25, 0.3) is 0 Å². The quantitative estimate of drug-likeness (QED) is 0.836. The number of aliphatic hydroxyl groups is 1. The summed E-state index contributed by atoms with van der Waals surface area (Å²) in [6.07, 6.45) is 1.18. The Morgan fingerprint density at radius 1 is 1.24 bits per heavy atom. The van der Waals surface area contributed by atoms with Crippen molar-refractivity contribution < 1.29 is 9.50 Å². The largest absolute Gasteiger partial charge is 0.388 e. The summed E-state index contributed by atoms with van der Waals surface area (Å²) >= 11 is 3.11. The van der Waals surface area contributed by atoms with Gasteiger partial charge in [-0.1, -0.05) is 26.8 Å². The molecule has 0 aliphatic carbocycles. The fraction of sp³-hybridized carbons (Fsp3) is 0.571. The summed E-state index contributed by atoms with van der Waals surface area (Å²) < 4.78 is 13.8. The van der Waals surface area contributed by atoms with Gasteiger partial charge in [-0.3, -0.25) is 0 Å². The zero-order valence-corrected chi connectivity index (χ0v) is 12.2. The highest BCUT2D eigenvalue weighted by Gasteiger charge is 2.14. The van der Waals surface area contributed by atoms with Crippen LogP contribution in [0.4, 0.5) is 4.39 Å². The van der Waals surface area contributed by atoms with Gasteiger partial charge in [0.05, 0.1) is 10.6 Å². The average Bonchev–Trinajstić information content (AvgIpc) is 2.20. The Morgan fingerprint density at radius 2 is 1.88 bits per heavy atom. The van der Waals surface area contributed by atoms with E-state index < -0.39 is 6.10 Å². The minimum absolute atomic E-state index is 0.321. The third-order valence-corrected chi connectivity index (χ3v) is 3.47. The molecule has 0 heterocycles. The van der Waals surface area contributed by atoms with Crippen molar-refractivity contribution in [3.8, 4) is 0 Å². The maximum absolute atomic E-state index is 13.3. The number of halogens is 2. The maximum Gasteiger partial charge on any atom is 0.137 e. The molecule has 0 aliphatic heterocycles. The molecule has 1 nitrogen and oxygen atoms in total. The van der Waals surface area contributed by atoms with Crippen LogP contribution in [0.2, 0.25) is 0 Å². The Bertz CT molecular complexity index is 365. The fourth-order valence-corrected chi connectivity index (χ4v) is 2.38. The van der Waals surface area contributed by atoms with Crippen molar-refractivity contribution in [3.63, 3.8) is 0 Å². The van der Waals surface area contributed by atoms with Crippen molar-refractivity contribution in [2.75, 3.05) is 0 Å². The standard InChI is InChI=1S/C14H20BrFO/c1-9(2)6-10(3)7-14(17)11-4-5-12(15)13(16)8-11/h4-5,8-10,14,17H,6-7H2,1-3H3. The lowest BCUT2D eigenvalue weighted by Gasteiger charge is -2.18. The van der Waals surface area contributed by atoms with Crippen molar-refractivity contribution in [1.82, 2.24) is 0 Å². The first kappa shape index (κ1) is 14.7. The first-order valence-corrected chi connectivity index (χ1v) is 6.82. The van der Waals surface area contributed by atoms with E-state index in [1.165, 1.54) is 6.07 Å². The smallest absolute Gasteiger partial charge is 0.137 e. The van der Waals surface area contributed by atoms with Gasteiger partial charge in [0.25, 0.3) is 0 Å². The molecule has 0 saturated carbocycles. The molecule has 2 atom stereocenters. The minimum Gasteiger partial charge on any atom is -0.388 e. The second-order valence-electron chi connectivity index (χ2n) is 5.16. The molecule has 0 spiro atoms. The van der Waals surface area contributed by atoms with Crippen molar-refractivity contribution >= 4 is 15.9 Å². The highest BCUT2D eigenvalue weighted by Crippen LogP contribution is 2.27. The lowest BCUT2D eigenvalue weighted by Crippen LogP contribution is -2.07. The summed E-state index contributed by atoms with van der Waals surface area (Å²) in [5.74, 6) is 0.744. The molecule has 0 radical (unpaired) electrons. The van der Waals surface area contributed by atoms with Gasteiger partial charge in [0.15, 0.2) is 0 Å². The summed E-state index contributed by atoms with van der Waals surface area (Å²) in [7, 11) is 0. The van der Waals surface area contributed by atoms with Gasteiger partial charge >= 0.3 is 0 Å². The van der Waals surface area contributed by atoms with Crippen LogP contribution in [-0.4, -0.2) is 5.11 Å². The Labute approximate surface area is 111 Å². The van der Waals surface area contributed by atoms with Crippen molar-refractivity contribution in [2.24, 2.45) is 11.8 Å². The van der Waals surface area contributed by atoms with E-state index in [0.29, 0.717) is 28.3 Å². The molecule has 17 heavy (non-hydrogen) atoms. The predicted molar refractivity (Wildman–Crippen MR) is 72.3 cm³/mol. The van der Waals surface area contributed by atoms with E-state index in [1.807, 2.05) is 0 Å². The third kappa shape index (κ3) is 4.76. The molecular weight excluding hydrogens is 283 g/mol. The Hall–Kier alpha value is -0.410. The number of hydrogen-bond acceptors (Lipinski definition) is 1. The van der Waals surface area contributed by atoms with Crippen LogP contribution in [-0.2, 0) is 0 Å². The molecule has 2 unspecified atom stereocenters. The summed E-state index contributed by atoms with van der Waals surface area (Å²) in [6.45, 7) is 6.46. The van der Waals surface area contributed by atoms with Gasteiger partial charge in [0, 0.05) is 0 Å². The molecule has 0 amide bonds. The van der Waals surface area contributed by atoms with Crippen LogP contribution in [0.1, 0.15) is 45.3 Å². The molecule has 1 N–H and O–H groups in total. The lowest BCUT2D eigenvalue weighted by molar-refractivity contribution is 0.141. The van der Waals surface area contributed by atoms with Gasteiger partial charge in [0.2, 0.25) is 0 Å². The van der Waals surface area contributed by atoms with Gasteiger partial charge in [0.1, 0.15) is 5.82 Å². The highest BCUT2D eigenvalue weighted by molar-refractivity contribution is 9.10. The number of rotatable bonds is 5. The monoisotopic (exact) mass is 302 g/mol. The van der Waals surface area contributed by atoms with Crippen LogP contribution < -0.4 is 0 Å². The van der Waals surface area contributed by atoms with E-state index >= 15 is 0 Å². The van der Waals surface area contributed by atoms with Gasteiger partial charge in [-0.25, -0.2) is 4.39 Å². The van der Waals surface area contributed by atoms with Gasteiger partial charge in [-0.05, 0) is 58.3 Å². The summed E-state index contributed by atoms with van der Waals surface area (Å²) in [5.41, 5.74) is 0.654. The zero-order valence-electron chi connectivity index (χ0n) is 10.6. The van der Waals surface area contributed by atoms with Crippen LogP contribution in [0.3, 0.4) is 0 Å². The summed E-state index contributed by atoms with van der Waals surface area (Å²) in [6, 6.07) is 4.80. The summed E-state index contributed by atoms with van der Waals surface area (Å²) in [5, 5.41) is 10.0. The SMILES string of the molecule is CC(C)CC(C)CC(O)c1ccc(Br)c(F)c1. The first-order valence-electron chi connectivity index (χ1n) is 6.03. The molecule has 0 aliphatic rings. The Balaban J connectivity index is 2.63. The van der Waals surface area contributed by atoms with E-state index in [-0.39, 0.29) is 5.82 Å². The molecule has 1 aromatic carbocycles. The molecule has 96 valence electrons.